The van der Waals surface area contributed by atoms with Crippen LogP contribution in [0.25, 0.3) is 11.1 Å². The van der Waals surface area contributed by atoms with Crippen molar-refractivity contribution in [3.05, 3.63) is 77.7 Å². The number of hydrogen-bond acceptors (Lipinski definition) is 7. The van der Waals surface area contributed by atoms with Crippen LogP contribution in [0.5, 0.6) is 5.88 Å². The van der Waals surface area contributed by atoms with Gasteiger partial charge >= 0.3 is 0 Å². The summed E-state index contributed by atoms with van der Waals surface area (Å²) in [5.74, 6) is 0.0688. The first-order valence-corrected chi connectivity index (χ1v) is 12.1. The van der Waals surface area contributed by atoms with Crippen molar-refractivity contribution in [3.63, 3.8) is 0 Å². The lowest BCUT2D eigenvalue weighted by Crippen LogP contribution is -2.49. The Hall–Kier alpha value is -3.80. The van der Waals surface area contributed by atoms with Crippen LogP contribution in [0.3, 0.4) is 0 Å². The molecule has 8 nitrogen and oxygen atoms in total. The molecule has 0 radical (unpaired) electrons. The Morgan fingerprint density at radius 2 is 2.00 bits per heavy atom. The molecule has 1 aromatic carbocycles. The van der Waals surface area contributed by atoms with E-state index in [1.54, 1.807) is 35.5 Å². The highest BCUT2D eigenvalue weighted by molar-refractivity contribution is 5.98. The lowest BCUT2D eigenvalue weighted by atomic mass is 9.99. The van der Waals surface area contributed by atoms with E-state index in [1.807, 2.05) is 44.3 Å². The number of rotatable bonds is 7. The fourth-order valence-corrected chi connectivity index (χ4v) is 4.36. The fourth-order valence-electron chi connectivity index (χ4n) is 4.36. The van der Waals surface area contributed by atoms with Crippen LogP contribution in [-0.2, 0) is 6.54 Å². The molecular formula is C28H31N5O3. The largest absolute Gasteiger partial charge is 0.472 e. The van der Waals surface area contributed by atoms with E-state index in [0.29, 0.717) is 30.8 Å². The maximum Gasteiger partial charge on any atom is 0.259 e. The monoisotopic (exact) mass is 485 g/mol. The minimum atomic E-state index is -0.351. The molecule has 3 heterocycles. The number of ether oxygens (including phenoxy) is 1. The highest BCUT2D eigenvalue weighted by atomic mass is 16.5. The van der Waals surface area contributed by atoms with Crippen molar-refractivity contribution >= 4 is 5.91 Å². The first kappa shape index (κ1) is 25.3. The molecule has 3 atom stereocenters. The lowest BCUT2D eigenvalue weighted by Gasteiger charge is -2.37. The number of nitriles is 1. The maximum absolute atomic E-state index is 13.6. The van der Waals surface area contributed by atoms with Crippen LogP contribution in [0.15, 0.2) is 60.9 Å². The molecule has 0 spiro atoms. The minimum Gasteiger partial charge on any atom is -0.472 e. The van der Waals surface area contributed by atoms with Crippen LogP contribution >= 0.6 is 0 Å². The zero-order valence-corrected chi connectivity index (χ0v) is 20.8. The molecule has 186 valence electrons. The molecule has 8 heteroatoms. The zero-order valence-electron chi connectivity index (χ0n) is 20.8. The topological polar surface area (TPSA) is 103 Å². The number of aromatic nitrogens is 2. The van der Waals surface area contributed by atoms with Crippen molar-refractivity contribution in [2.75, 3.05) is 26.7 Å². The highest BCUT2D eigenvalue weighted by Gasteiger charge is 2.34. The number of aliphatic hydroxyl groups is 1. The van der Waals surface area contributed by atoms with Gasteiger partial charge in [-0.15, -0.1) is 0 Å². The quantitative estimate of drug-likeness (QED) is 0.547. The summed E-state index contributed by atoms with van der Waals surface area (Å²) in [6.45, 7) is 5.49. The molecule has 3 aromatic rings. The SMILES string of the molecule is C[C@@H]1CN([C@@H](C)CO)C(=O)c2cc(-c3ccc(C#N)cc3)cnc2O[C@@H]1CN(C)Cc1ccccn1. The summed E-state index contributed by atoms with van der Waals surface area (Å²) in [5, 5.41) is 19.0. The van der Waals surface area contributed by atoms with Gasteiger partial charge in [0.05, 0.1) is 30.0 Å². The molecular weight excluding hydrogens is 454 g/mol. The minimum absolute atomic E-state index is 0.00212. The van der Waals surface area contributed by atoms with E-state index in [0.717, 1.165) is 16.8 Å². The van der Waals surface area contributed by atoms with E-state index >= 15 is 0 Å². The molecule has 0 saturated heterocycles. The number of likely N-dealkylation sites (N-methyl/N-ethyl adjacent to an activating group) is 1. The van der Waals surface area contributed by atoms with Crippen LogP contribution in [-0.4, -0.2) is 69.7 Å². The van der Waals surface area contributed by atoms with Crippen LogP contribution in [0.4, 0.5) is 0 Å². The van der Waals surface area contributed by atoms with Gasteiger partial charge in [0.25, 0.3) is 5.91 Å². The zero-order chi connectivity index (χ0) is 25.7. The number of amides is 1. The van der Waals surface area contributed by atoms with Crippen molar-refractivity contribution < 1.29 is 14.6 Å². The molecule has 0 bridgehead atoms. The molecule has 1 N–H and O–H groups in total. The van der Waals surface area contributed by atoms with Crippen LogP contribution < -0.4 is 4.74 Å². The number of fused-ring (bicyclic) bond motifs is 1. The first-order chi connectivity index (χ1) is 17.4. The van der Waals surface area contributed by atoms with E-state index in [2.05, 4.69) is 27.9 Å². The van der Waals surface area contributed by atoms with Gasteiger partial charge in [0, 0.05) is 43.5 Å². The standard InChI is InChI=1S/C28H31N5O3/c1-19-15-33(20(2)18-34)28(35)25-12-23(22-9-7-21(13-29)8-10-22)14-31-27(25)36-26(19)17-32(3)16-24-6-4-5-11-30-24/h4-12,14,19-20,26,34H,15-18H2,1-3H3/t19-,20+,26-/m1/s1. The van der Waals surface area contributed by atoms with Crippen LogP contribution in [0.1, 0.15) is 35.5 Å². The summed E-state index contributed by atoms with van der Waals surface area (Å²) in [6.07, 6.45) is 3.24. The number of hydrogen-bond donors (Lipinski definition) is 1. The third kappa shape index (κ3) is 5.70. The summed E-state index contributed by atoms with van der Waals surface area (Å²) in [7, 11) is 2.02. The normalized spacial score (nSPS) is 18.6. The summed E-state index contributed by atoms with van der Waals surface area (Å²) in [4.78, 5) is 26.5. The number of carbonyl (C=O) groups excluding carboxylic acids is 1. The van der Waals surface area contributed by atoms with E-state index in [1.165, 1.54) is 0 Å². The summed E-state index contributed by atoms with van der Waals surface area (Å²) < 4.78 is 6.39. The average Bonchev–Trinajstić information content (AvgIpc) is 2.90. The maximum atomic E-state index is 13.6. The Labute approximate surface area is 211 Å². The molecule has 2 aromatic heterocycles. The smallest absolute Gasteiger partial charge is 0.259 e. The summed E-state index contributed by atoms with van der Waals surface area (Å²) in [5.41, 5.74) is 3.49. The van der Waals surface area contributed by atoms with Gasteiger partial charge < -0.3 is 14.7 Å². The molecule has 0 unspecified atom stereocenters. The molecule has 1 aliphatic rings. The van der Waals surface area contributed by atoms with Crippen molar-refractivity contribution in [2.24, 2.45) is 5.92 Å². The average molecular weight is 486 g/mol. The Morgan fingerprint density at radius 3 is 2.67 bits per heavy atom. The molecule has 36 heavy (non-hydrogen) atoms. The Morgan fingerprint density at radius 1 is 1.22 bits per heavy atom. The first-order valence-electron chi connectivity index (χ1n) is 12.1. The summed E-state index contributed by atoms with van der Waals surface area (Å²) in [6, 6.07) is 16.5. The van der Waals surface area contributed by atoms with Crippen molar-refractivity contribution in [1.29, 1.82) is 5.26 Å². The number of nitrogens with zero attached hydrogens (tertiary/aromatic N) is 5. The van der Waals surface area contributed by atoms with Gasteiger partial charge in [-0.3, -0.25) is 14.7 Å². The highest BCUT2D eigenvalue weighted by Crippen LogP contribution is 2.30. The van der Waals surface area contributed by atoms with Gasteiger partial charge in [0.2, 0.25) is 5.88 Å². The summed E-state index contributed by atoms with van der Waals surface area (Å²) >= 11 is 0. The Bertz CT molecular complexity index is 1230. The van der Waals surface area contributed by atoms with Gasteiger partial charge in [-0.25, -0.2) is 4.98 Å². The number of aliphatic hydroxyl groups excluding tert-OH is 1. The van der Waals surface area contributed by atoms with Crippen molar-refractivity contribution in [2.45, 2.75) is 32.5 Å². The van der Waals surface area contributed by atoms with Gasteiger partial charge in [-0.05, 0) is 49.9 Å². The van der Waals surface area contributed by atoms with E-state index in [4.69, 9.17) is 10.00 Å². The number of carbonyl (C=O) groups is 1. The molecule has 0 fully saturated rings. The lowest BCUT2D eigenvalue weighted by molar-refractivity contribution is 0.0324. The second kappa shape index (κ2) is 11.3. The van der Waals surface area contributed by atoms with Crippen LogP contribution in [0.2, 0.25) is 0 Å². The second-order valence-corrected chi connectivity index (χ2v) is 9.41. The molecule has 0 aliphatic carbocycles. The third-order valence-corrected chi connectivity index (χ3v) is 6.52. The van der Waals surface area contributed by atoms with E-state index in [-0.39, 0.29) is 36.5 Å². The van der Waals surface area contributed by atoms with Crippen molar-refractivity contribution in [3.8, 4) is 23.1 Å². The predicted molar refractivity (Wildman–Crippen MR) is 136 cm³/mol. The Balaban J connectivity index is 1.66. The van der Waals surface area contributed by atoms with E-state index < -0.39 is 0 Å². The van der Waals surface area contributed by atoms with Gasteiger partial charge in [0.1, 0.15) is 11.7 Å². The van der Waals surface area contributed by atoms with Crippen LogP contribution in [0, 0.1) is 17.2 Å². The van der Waals surface area contributed by atoms with Crippen molar-refractivity contribution in [1.82, 2.24) is 19.8 Å². The second-order valence-electron chi connectivity index (χ2n) is 9.41. The molecule has 4 rings (SSSR count). The van der Waals surface area contributed by atoms with Gasteiger partial charge in [0.15, 0.2) is 0 Å². The molecule has 1 amide bonds. The van der Waals surface area contributed by atoms with Gasteiger partial charge in [-0.2, -0.15) is 5.26 Å². The number of benzene rings is 1. The van der Waals surface area contributed by atoms with E-state index in [9.17, 15) is 9.90 Å². The fraction of sp³-hybridized carbons (Fsp3) is 0.357. The Kier molecular flexibility index (Phi) is 7.93. The predicted octanol–water partition coefficient (Wildman–Crippen LogP) is 3.37. The third-order valence-electron chi connectivity index (χ3n) is 6.52. The number of pyridine rings is 2. The molecule has 0 saturated carbocycles. The van der Waals surface area contributed by atoms with Gasteiger partial charge in [-0.1, -0.05) is 25.1 Å². The molecule has 1 aliphatic heterocycles.